The second kappa shape index (κ2) is 4.80. The third-order valence-corrected chi connectivity index (χ3v) is 1.94. The molecule has 12 heavy (non-hydrogen) atoms. The monoisotopic (exact) mass is 167 g/mol. The van der Waals surface area contributed by atoms with Gasteiger partial charge in [0.15, 0.2) is 0 Å². The molecule has 0 spiro atoms. The molecule has 0 aromatic carbocycles. The van der Waals surface area contributed by atoms with Crippen molar-refractivity contribution in [2.75, 3.05) is 5.73 Å². The molecule has 0 fully saturated rings. The molecule has 1 rings (SSSR count). The van der Waals surface area contributed by atoms with E-state index >= 15 is 0 Å². The third kappa shape index (κ3) is 2.95. The zero-order chi connectivity index (χ0) is 8.81. The molecule has 0 aliphatic rings. The van der Waals surface area contributed by atoms with Crippen molar-refractivity contribution in [1.82, 2.24) is 10.2 Å². The van der Waals surface area contributed by atoms with Crippen LogP contribution in [0.2, 0.25) is 0 Å². The molecule has 0 saturated carbocycles. The predicted octanol–water partition coefficient (Wildman–Crippen LogP) is 2.11. The zero-order valence-electron chi connectivity index (χ0n) is 7.64. The van der Waals surface area contributed by atoms with Gasteiger partial charge in [0.05, 0.1) is 5.69 Å². The Bertz CT molecular complexity index is 217. The molecule has 0 bridgehead atoms. The molecule has 3 heteroatoms. The molecule has 0 aliphatic heterocycles. The van der Waals surface area contributed by atoms with Gasteiger partial charge in [0.25, 0.3) is 0 Å². The number of hydrogen-bond acceptors (Lipinski definition) is 2. The van der Waals surface area contributed by atoms with Crippen LogP contribution in [-0.2, 0) is 6.42 Å². The van der Waals surface area contributed by atoms with Gasteiger partial charge in [-0.2, -0.15) is 5.10 Å². The van der Waals surface area contributed by atoms with Crippen molar-refractivity contribution in [1.29, 1.82) is 0 Å². The van der Waals surface area contributed by atoms with Gasteiger partial charge in [-0.3, -0.25) is 5.10 Å². The minimum atomic E-state index is 0.667. The molecule has 3 nitrogen and oxygen atoms in total. The molecule has 0 radical (unpaired) electrons. The Kier molecular flexibility index (Phi) is 3.64. The zero-order valence-corrected chi connectivity index (χ0v) is 7.64. The van der Waals surface area contributed by atoms with Crippen LogP contribution in [0.25, 0.3) is 0 Å². The number of anilines is 1. The number of rotatable bonds is 5. The van der Waals surface area contributed by atoms with Gasteiger partial charge in [0.1, 0.15) is 5.82 Å². The van der Waals surface area contributed by atoms with E-state index in [1.807, 2.05) is 6.07 Å². The average molecular weight is 167 g/mol. The van der Waals surface area contributed by atoms with E-state index in [1.54, 1.807) is 0 Å². The molecule has 0 atom stereocenters. The summed E-state index contributed by atoms with van der Waals surface area (Å²) < 4.78 is 0. The van der Waals surface area contributed by atoms with Gasteiger partial charge in [0.2, 0.25) is 0 Å². The van der Waals surface area contributed by atoms with E-state index < -0.39 is 0 Å². The summed E-state index contributed by atoms with van der Waals surface area (Å²) in [6.45, 7) is 2.21. The number of aryl methyl sites for hydroxylation is 1. The van der Waals surface area contributed by atoms with E-state index in [1.165, 1.54) is 25.7 Å². The van der Waals surface area contributed by atoms with E-state index in [-0.39, 0.29) is 0 Å². The van der Waals surface area contributed by atoms with Crippen LogP contribution in [0.3, 0.4) is 0 Å². The molecule has 1 aromatic heterocycles. The molecular weight excluding hydrogens is 150 g/mol. The average Bonchev–Trinajstić information content (AvgIpc) is 2.45. The van der Waals surface area contributed by atoms with E-state index in [0.717, 1.165) is 12.1 Å². The maximum Gasteiger partial charge on any atom is 0.119 e. The van der Waals surface area contributed by atoms with E-state index in [0.29, 0.717) is 5.82 Å². The molecule has 68 valence electrons. The highest BCUT2D eigenvalue weighted by molar-refractivity contribution is 5.28. The third-order valence-electron chi connectivity index (χ3n) is 1.94. The van der Waals surface area contributed by atoms with Crippen LogP contribution in [0, 0.1) is 0 Å². The lowest BCUT2D eigenvalue weighted by Crippen LogP contribution is -1.85. The van der Waals surface area contributed by atoms with Crippen molar-refractivity contribution in [2.24, 2.45) is 0 Å². The molecule has 0 amide bonds. The molecule has 0 aliphatic carbocycles. The summed E-state index contributed by atoms with van der Waals surface area (Å²) in [5.41, 5.74) is 6.58. The quantitative estimate of drug-likeness (QED) is 0.660. The number of nitrogens with zero attached hydrogens (tertiary/aromatic N) is 1. The van der Waals surface area contributed by atoms with Crippen molar-refractivity contribution in [3.8, 4) is 0 Å². The molecule has 0 saturated heterocycles. The fraction of sp³-hybridized carbons (Fsp3) is 0.667. The highest BCUT2D eigenvalue weighted by Crippen LogP contribution is 2.07. The molecular formula is C9H17N3. The van der Waals surface area contributed by atoms with Gasteiger partial charge in [0, 0.05) is 6.07 Å². The number of nitrogens with one attached hydrogen (secondary N) is 1. The number of nitrogen functional groups attached to an aromatic ring is 1. The second-order valence-corrected chi connectivity index (χ2v) is 3.13. The van der Waals surface area contributed by atoms with Crippen LogP contribution >= 0.6 is 0 Å². The number of hydrogen-bond donors (Lipinski definition) is 2. The van der Waals surface area contributed by atoms with E-state index in [9.17, 15) is 0 Å². The topological polar surface area (TPSA) is 54.7 Å². The number of unbranched alkanes of at least 4 members (excludes halogenated alkanes) is 3. The van der Waals surface area contributed by atoms with Gasteiger partial charge >= 0.3 is 0 Å². The van der Waals surface area contributed by atoms with Crippen molar-refractivity contribution in [3.05, 3.63) is 11.8 Å². The Morgan fingerprint density at radius 3 is 2.83 bits per heavy atom. The fourth-order valence-electron chi connectivity index (χ4n) is 1.24. The van der Waals surface area contributed by atoms with Crippen molar-refractivity contribution in [2.45, 2.75) is 39.0 Å². The van der Waals surface area contributed by atoms with Crippen LogP contribution < -0.4 is 5.73 Å². The first-order valence-corrected chi connectivity index (χ1v) is 4.62. The fourth-order valence-corrected chi connectivity index (χ4v) is 1.24. The Labute approximate surface area is 73.4 Å². The minimum Gasteiger partial charge on any atom is -0.384 e. The van der Waals surface area contributed by atoms with Gasteiger partial charge in [-0.25, -0.2) is 0 Å². The van der Waals surface area contributed by atoms with Gasteiger partial charge < -0.3 is 5.73 Å². The number of H-pyrrole nitrogens is 1. The minimum absolute atomic E-state index is 0.667. The maximum atomic E-state index is 5.49. The Morgan fingerprint density at radius 1 is 1.42 bits per heavy atom. The number of nitrogens with two attached hydrogens (primary N) is 1. The first-order chi connectivity index (χ1) is 5.83. The van der Waals surface area contributed by atoms with E-state index in [2.05, 4.69) is 17.1 Å². The number of aromatic nitrogens is 2. The van der Waals surface area contributed by atoms with Gasteiger partial charge in [-0.15, -0.1) is 0 Å². The molecule has 1 heterocycles. The highest BCUT2D eigenvalue weighted by atomic mass is 15.1. The van der Waals surface area contributed by atoms with Gasteiger partial charge in [-0.1, -0.05) is 26.2 Å². The SMILES string of the molecule is CCCCCCc1cc(N)[nH]n1. The lowest BCUT2D eigenvalue weighted by Gasteiger charge is -1.95. The summed E-state index contributed by atoms with van der Waals surface area (Å²) in [5, 5.41) is 6.80. The normalized spacial score (nSPS) is 10.4. The van der Waals surface area contributed by atoms with Crippen molar-refractivity contribution < 1.29 is 0 Å². The largest absolute Gasteiger partial charge is 0.384 e. The summed E-state index contributed by atoms with van der Waals surface area (Å²) in [6, 6.07) is 1.91. The summed E-state index contributed by atoms with van der Waals surface area (Å²) in [7, 11) is 0. The van der Waals surface area contributed by atoms with Crippen LogP contribution in [0.5, 0.6) is 0 Å². The summed E-state index contributed by atoms with van der Waals surface area (Å²) in [4.78, 5) is 0. The van der Waals surface area contributed by atoms with Crippen LogP contribution in [0.4, 0.5) is 5.82 Å². The van der Waals surface area contributed by atoms with Gasteiger partial charge in [-0.05, 0) is 12.8 Å². The second-order valence-electron chi connectivity index (χ2n) is 3.13. The Hall–Kier alpha value is -0.990. The highest BCUT2D eigenvalue weighted by Gasteiger charge is 1.96. The lowest BCUT2D eigenvalue weighted by molar-refractivity contribution is 0.659. The van der Waals surface area contributed by atoms with Crippen LogP contribution in [-0.4, -0.2) is 10.2 Å². The summed E-state index contributed by atoms with van der Waals surface area (Å²) in [6.07, 6.45) is 6.16. The first-order valence-electron chi connectivity index (χ1n) is 4.62. The number of aromatic amines is 1. The maximum absolute atomic E-state index is 5.49. The van der Waals surface area contributed by atoms with Crippen LogP contribution in [0.15, 0.2) is 6.07 Å². The predicted molar refractivity (Wildman–Crippen MR) is 50.8 cm³/mol. The first kappa shape index (κ1) is 9.10. The standard InChI is InChI=1S/C9H17N3/c1-2-3-4-5-6-8-7-9(10)12-11-8/h7H,2-6H2,1H3,(H3,10,11,12). The van der Waals surface area contributed by atoms with Crippen molar-refractivity contribution in [3.63, 3.8) is 0 Å². The smallest absolute Gasteiger partial charge is 0.119 e. The van der Waals surface area contributed by atoms with E-state index in [4.69, 9.17) is 5.73 Å². The Balaban J connectivity index is 2.15. The van der Waals surface area contributed by atoms with Crippen LogP contribution in [0.1, 0.15) is 38.3 Å². The lowest BCUT2D eigenvalue weighted by atomic mass is 10.1. The molecule has 1 aromatic rings. The molecule has 3 N–H and O–H groups in total. The van der Waals surface area contributed by atoms with Crippen molar-refractivity contribution >= 4 is 5.82 Å². The Morgan fingerprint density at radius 2 is 2.25 bits per heavy atom. The molecule has 0 unspecified atom stereocenters. The summed E-state index contributed by atoms with van der Waals surface area (Å²) in [5.74, 6) is 0.667. The summed E-state index contributed by atoms with van der Waals surface area (Å²) >= 11 is 0.